The van der Waals surface area contributed by atoms with Crippen LogP contribution in [0.5, 0.6) is 0 Å². The summed E-state index contributed by atoms with van der Waals surface area (Å²) < 4.78 is 41.1. The Labute approximate surface area is 163 Å². The van der Waals surface area contributed by atoms with Gasteiger partial charge in [-0.05, 0) is 26.8 Å². The van der Waals surface area contributed by atoms with E-state index in [4.69, 9.17) is 0 Å². The molecule has 3 rings (SSSR count). The number of hydrogen-bond acceptors (Lipinski definition) is 5. The Morgan fingerprint density at radius 2 is 1.89 bits per heavy atom. The van der Waals surface area contributed by atoms with Gasteiger partial charge in [-0.1, -0.05) is 30.0 Å². The minimum absolute atomic E-state index is 0.111. The second kappa shape index (κ2) is 7.42. The molecule has 0 spiro atoms. The molecule has 0 bridgehead atoms. The number of fused-ring (bicyclic) bond motifs is 1. The number of rotatable bonds is 4. The van der Waals surface area contributed by atoms with Crippen LogP contribution in [0.1, 0.15) is 24.1 Å². The Morgan fingerprint density at radius 3 is 2.50 bits per heavy atom. The molecule has 0 saturated carbocycles. The van der Waals surface area contributed by atoms with Crippen molar-refractivity contribution in [1.82, 2.24) is 19.7 Å². The quantitative estimate of drug-likeness (QED) is 0.518. The predicted octanol–water partition coefficient (Wildman–Crippen LogP) is 4.12. The fraction of sp³-hybridized carbons (Fsp3) is 0.333. The minimum atomic E-state index is -4.67. The lowest BCUT2D eigenvalue weighted by Crippen LogP contribution is -2.23. The number of aromatic nitrogens is 4. The highest BCUT2D eigenvalue weighted by atomic mass is 32.2. The van der Waals surface area contributed by atoms with E-state index < -0.39 is 17.3 Å². The molecule has 10 heteroatoms. The topological polar surface area (TPSA) is 72.7 Å². The van der Waals surface area contributed by atoms with Gasteiger partial charge in [0.1, 0.15) is 5.03 Å². The number of thioether (sulfide) groups is 1. The monoisotopic (exact) mass is 409 g/mol. The second-order valence-electron chi connectivity index (χ2n) is 6.29. The fourth-order valence-corrected chi connectivity index (χ4v) is 3.60. The number of nitrogens with zero attached hydrogens (tertiary/aromatic N) is 4. The predicted molar refractivity (Wildman–Crippen MR) is 101 cm³/mol. The lowest BCUT2D eigenvalue weighted by atomic mass is 10.2. The van der Waals surface area contributed by atoms with Gasteiger partial charge in [-0.15, -0.1) is 0 Å². The lowest BCUT2D eigenvalue weighted by Gasteiger charge is -2.14. The first-order valence-electron chi connectivity index (χ1n) is 8.39. The van der Waals surface area contributed by atoms with E-state index in [9.17, 15) is 18.0 Å². The molecular formula is C18H18F3N5OS. The van der Waals surface area contributed by atoms with E-state index in [0.29, 0.717) is 16.8 Å². The summed E-state index contributed by atoms with van der Waals surface area (Å²) in [4.78, 5) is 19.9. The van der Waals surface area contributed by atoms with Crippen LogP contribution in [0.15, 0.2) is 29.3 Å². The maximum atomic E-state index is 13.1. The van der Waals surface area contributed by atoms with Gasteiger partial charge in [0.05, 0.1) is 27.8 Å². The van der Waals surface area contributed by atoms with Gasteiger partial charge in [0.2, 0.25) is 11.7 Å². The summed E-state index contributed by atoms with van der Waals surface area (Å²) in [6.45, 7) is 5.21. The zero-order chi connectivity index (χ0) is 20.6. The Morgan fingerprint density at radius 1 is 1.21 bits per heavy atom. The van der Waals surface area contributed by atoms with Gasteiger partial charge < -0.3 is 5.32 Å². The van der Waals surface area contributed by atoms with Crippen molar-refractivity contribution in [2.45, 2.75) is 37.2 Å². The van der Waals surface area contributed by atoms with E-state index in [1.165, 1.54) is 6.07 Å². The molecule has 28 heavy (non-hydrogen) atoms. The SMILES string of the molecule is Cc1nn(C)c(C)c1NC(=O)[C@@H](C)Sc1nc(C(F)(F)F)nc2ccccc12. The van der Waals surface area contributed by atoms with Crippen LogP contribution in [0.4, 0.5) is 18.9 Å². The number of hydrogen-bond donors (Lipinski definition) is 1. The van der Waals surface area contributed by atoms with Crippen molar-refractivity contribution in [2.24, 2.45) is 7.05 Å². The van der Waals surface area contributed by atoms with Gasteiger partial charge in [-0.2, -0.15) is 18.3 Å². The molecule has 1 N–H and O–H groups in total. The van der Waals surface area contributed by atoms with Crippen LogP contribution in [-0.2, 0) is 18.0 Å². The van der Waals surface area contributed by atoms with Crippen molar-refractivity contribution in [3.8, 4) is 0 Å². The molecule has 1 atom stereocenters. The largest absolute Gasteiger partial charge is 0.451 e. The third-order valence-corrected chi connectivity index (χ3v) is 5.34. The number of carbonyl (C=O) groups is 1. The number of para-hydroxylation sites is 1. The van der Waals surface area contributed by atoms with Crippen LogP contribution in [0.3, 0.4) is 0 Å². The third-order valence-electron chi connectivity index (χ3n) is 4.24. The Bertz CT molecular complexity index is 1050. The van der Waals surface area contributed by atoms with E-state index in [1.54, 1.807) is 43.8 Å². The Balaban J connectivity index is 1.90. The molecule has 148 valence electrons. The maximum Gasteiger partial charge on any atom is 0.451 e. The molecule has 2 aromatic heterocycles. The summed E-state index contributed by atoms with van der Waals surface area (Å²) >= 11 is 0.959. The first-order valence-corrected chi connectivity index (χ1v) is 9.27. The van der Waals surface area contributed by atoms with E-state index in [2.05, 4.69) is 20.4 Å². The van der Waals surface area contributed by atoms with Gasteiger partial charge in [-0.25, -0.2) is 9.97 Å². The summed E-state index contributed by atoms with van der Waals surface area (Å²) in [5.74, 6) is -1.57. The Hall–Kier alpha value is -2.62. The summed E-state index contributed by atoms with van der Waals surface area (Å²) in [5, 5.41) is 6.94. The number of nitrogens with one attached hydrogen (secondary N) is 1. The fourth-order valence-electron chi connectivity index (χ4n) is 2.66. The van der Waals surface area contributed by atoms with Crippen LogP contribution < -0.4 is 5.32 Å². The molecule has 0 radical (unpaired) electrons. The first-order chi connectivity index (χ1) is 13.1. The zero-order valence-electron chi connectivity index (χ0n) is 15.6. The Kier molecular flexibility index (Phi) is 5.33. The molecule has 0 aliphatic carbocycles. The number of aryl methyl sites for hydroxylation is 2. The molecule has 3 aromatic rings. The molecule has 0 aliphatic heterocycles. The van der Waals surface area contributed by atoms with Gasteiger partial charge in [0.25, 0.3) is 0 Å². The van der Waals surface area contributed by atoms with Crippen LogP contribution in [-0.4, -0.2) is 30.9 Å². The molecule has 1 aromatic carbocycles. The van der Waals surface area contributed by atoms with Crippen molar-refractivity contribution in [3.05, 3.63) is 41.5 Å². The molecule has 0 aliphatic rings. The zero-order valence-corrected chi connectivity index (χ0v) is 16.4. The molecule has 0 fully saturated rings. The maximum absolute atomic E-state index is 13.1. The van der Waals surface area contributed by atoms with Crippen molar-refractivity contribution >= 4 is 34.3 Å². The number of carbonyl (C=O) groups excluding carboxylic acids is 1. The number of benzene rings is 1. The van der Waals surface area contributed by atoms with Gasteiger partial charge >= 0.3 is 6.18 Å². The van der Waals surface area contributed by atoms with Crippen LogP contribution in [0.2, 0.25) is 0 Å². The van der Waals surface area contributed by atoms with Crippen LogP contribution in [0, 0.1) is 13.8 Å². The molecule has 1 amide bonds. The van der Waals surface area contributed by atoms with Gasteiger partial charge in [-0.3, -0.25) is 9.48 Å². The van der Waals surface area contributed by atoms with E-state index in [1.807, 2.05) is 6.92 Å². The summed E-state index contributed by atoms with van der Waals surface area (Å²) in [5.41, 5.74) is 2.23. The highest BCUT2D eigenvalue weighted by Gasteiger charge is 2.36. The van der Waals surface area contributed by atoms with Crippen molar-refractivity contribution in [2.75, 3.05) is 5.32 Å². The van der Waals surface area contributed by atoms with E-state index in [0.717, 1.165) is 17.5 Å². The molecule has 0 saturated heterocycles. The number of halogens is 3. The van der Waals surface area contributed by atoms with E-state index in [-0.39, 0.29) is 16.4 Å². The summed E-state index contributed by atoms with van der Waals surface area (Å²) in [6.07, 6.45) is -4.67. The smallest absolute Gasteiger partial charge is 0.322 e. The number of amides is 1. The number of alkyl halides is 3. The highest BCUT2D eigenvalue weighted by molar-refractivity contribution is 8.00. The van der Waals surface area contributed by atoms with Crippen molar-refractivity contribution < 1.29 is 18.0 Å². The minimum Gasteiger partial charge on any atom is -0.322 e. The van der Waals surface area contributed by atoms with Crippen molar-refractivity contribution in [1.29, 1.82) is 0 Å². The molecule has 2 heterocycles. The van der Waals surface area contributed by atoms with E-state index >= 15 is 0 Å². The van der Waals surface area contributed by atoms with Crippen LogP contribution in [0.25, 0.3) is 10.9 Å². The first kappa shape index (κ1) is 20.1. The third kappa shape index (κ3) is 3.96. The molecule has 0 unspecified atom stereocenters. The van der Waals surface area contributed by atoms with Gasteiger partial charge in [0, 0.05) is 12.4 Å². The molecular weight excluding hydrogens is 391 g/mol. The summed E-state index contributed by atoms with van der Waals surface area (Å²) in [6, 6.07) is 6.42. The second-order valence-corrected chi connectivity index (χ2v) is 7.62. The normalized spacial score (nSPS) is 13.0. The number of anilines is 1. The standard InChI is InChI=1S/C18H18F3N5OS/c1-9-14(10(2)26(4)25-9)23-15(27)11(3)28-16-12-7-5-6-8-13(12)22-17(24-16)18(19,20)21/h5-8,11H,1-4H3,(H,23,27)/t11-/m1/s1. The molecule has 6 nitrogen and oxygen atoms in total. The summed E-state index contributed by atoms with van der Waals surface area (Å²) in [7, 11) is 1.77. The lowest BCUT2D eigenvalue weighted by molar-refractivity contribution is -0.145. The highest BCUT2D eigenvalue weighted by Crippen LogP contribution is 2.34. The average Bonchev–Trinajstić information content (AvgIpc) is 2.86. The van der Waals surface area contributed by atoms with Crippen molar-refractivity contribution in [3.63, 3.8) is 0 Å². The van der Waals surface area contributed by atoms with Crippen LogP contribution >= 0.6 is 11.8 Å². The van der Waals surface area contributed by atoms with Gasteiger partial charge in [0.15, 0.2) is 0 Å². The average molecular weight is 409 g/mol.